The minimum Gasteiger partial charge on any atom is -0.619 e. The van der Waals surface area contributed by atoms with E-state index in [1.807, 2.05) is 4.90 Å². The van der Waals surface area contributed by atoms with Crippen molar-refractivity contribution in [3.63, 3.8) is 0 Å². The molecule has 148 valence electrons. The van der Waals surface area contributed by atoms with Crippen LogP contribution in [-0.4, -0.2) is 41.9 Å². The van der Waals surface area contributed by atoms with Crippen molar-refractivity contribution >= 4 is 5.91 Å². The zero-order valence-corrected chi connectivity index (χ0v) is 15.6. The summed E-state index contributed by atoms with van der Waals surface area (Å²) in [6.45, 7) is 3.31. The van der Waals surface area contributed by atoms with Crippen LogP contribution >= 0.6 is 0 Å². The molecule has 1 unspecified atom stereocenters. The summed E-state index contributed by atoms with van der Waals surface area (Å²) in [4.78, 5) is 16.8. The summed E-state index contributed by atoms with van der Waals surface area (Å²) in [6.07, 6.45) is 5.55. The van der Waals surface area contributed by atoms with E-state index in [0.29, 0.717) is 35.5 Å². The Morgan fingerprint density at radius 3 is 2.68 bits per heavy atom. The lowest BCUT2D eigenvalue weighted by molar-refractivity contribution is -0.605. The average molecular weight is 387 g/mol. The number of likely N-dealkylation sites (tertiary alicyclic amines) is 2. The second kappa shape index (κ2) is 7.47. The first-order valence-electron chi connectivity index (χ1n) is 9.59. The number of hydrogen-bond acceptors (Lipinski definition) is 3. The maximum Gasteiger partial charge on any atom is 0.254 e. The second-order valence-corrected chi connectivity index (χ2v) is 7.95. The molecule has 28 heavy (non-hydrogen) atoms. The molecule has 1 atom stereocenters. The summed E-state index contributed by atoms with van der Waals surface area (Å²) in [5.41, 5.74) is 0.877. The summed E-state index contributed by atoms with van der Waals surface area (Å²) >= 11 is 0. The van der Waals surface area contributed by atoms with Crippen LogP contribution in [0.25, 0.3) is 0 Å². The van der Waals surface area contributed by atoms with Crippen LogP contribution in [0.2, 0.25) is 0 Å². The minimum atomic E-state index is -0.816. The number of carbonyl (C=O) groups is 1. The number of carbonyl (C=O) groups excluding carboxylic acids is 1. The van der Waals surface area contributed by atoms with Crippen molar-refractivity contribution in [1.82, 2.24) is 9.80 Å². The molecule has 0 radical (unpaired) electrons. The Hall–Kier alpha value is -2.54. The number of benzene rings is 1. The zero-order chi connectivity index (χ0) is 19.7. The van der Waals surface area contributed by atoms with Gasteiger partial charge in [0.1, 0.15) is 0 Å². The fraction of sp³-hybridized carbons (Fsp3) is 0.429. The van der Waals surface area contributed by atoms with Gasteiger partial charge in [-0.05, 0) is 31.9 Å². The van der Waals surface area contributed by atoms with E-state index in [9.17, 15) is 18.8 Å². The molecule has 0 aliphatic carbocycles. The lowest BCUT2D eigenvalue weighted by Crippen LogP contribution is -2.45. The van der Waals surface area contributed by atoms with Gasteiger partial charge in [0.15, 0.2) is 24.0 Å². The van der Waals surface area contributed by atoms with E-state index in [1.54, 1.807) is 18.2 Å². The van der Waals surface area contributed by atoms with Gasteiger partial charge in [0.2, 0.25) is 0 Å². The van der Waals surface area contributed by atoms with E-state index in [0.717, 1.165) is 38.4 Å². The monoisotopic (exact) mass is 387 g/mol. The fourth-order valence-corrected chi connectivity index (χ4v) is 4.54. The van der Waals surface area contributed by atoms with E-state index in [2.05, 4.69) is 4.90 Å². The molecule has 1 aromatic carbocycles. The van der Waals surface area contributed by atoms with Gasteiger partial charge in [-0.15, -0.1) is 0 Å². The number of halogens is 2. The molecule has 1 aromatic heterocycles. The summed E-state index contributed by atoms with van der Waals surface area (Å²) in [5.74, 6) is -1.65. The molecular weight excluding hydrogens is 364 g/mol. The van der Waals surface area contributed by atoms with Gasteiger partial charge < -0.3 is 10.1 Å². The van der Waals surface area contributed by atoms with E-state index in [1.165, 1.54) is 18.5 Å². The molecule has 0 N–H and O–H groups in total. The largest absolute Gasteiger partial charge is 0.619 e. The molecule has 2 fully saturated rings. The summed E-state index contributed by atoms with van der Waals surface area (Å²) in [5, 5.41) is 11.2. The van der Waals surface area contributed by atoms with Crippen LogP contribution in [0.5, 0.6) is 0 Å². The SMILES string of the molecule is O=C(c1cc[n+]([O-])cc1)N1CCC2(CCCN(Cc3cccc(F)c3F)C2)C1. The molecular formula is C21H23F2N3O2. The van der Waals surface area contributed by atoms with E-state index in [4.69, 9.17) is 0 Å². The van der Waals surface area contributed by atoms with E-state index < -0.39 is 11.6 Å². The number of aromatic nitrogens is 1. The van der Waals surface area contributed by atoms with Crippen LogP contribution in [0.3, 0.4) is 0 Å². The Bertz CT molecular complexity index is 874. The van der Waals surface area contributed by atoms with Crippen molar-refractivity contribution in [2.75, 3.05) is 26.2 Å². The Balaban J connectivity index is 1.43. The molecule has 0 bridgehead atoms. The molecule has 7 heteroatoms. The van der Waals surface area contributed by atoms with Crippen LogP contribution in [0, 0.1) is 22.3 Å². The van der Waals surface area contributed by atoms with Gasteiger partial charge in [-0.3, -0.25) is 9.69 Å². The Morgan fingerprint density at radius 2 is 1.89 bits per heavy atom. The number of amides is 1. The number of pyridine rings is 1. The van der Waals surface area contributed by atoms with Gasteiger partial charge in [-0.2, -0.15) is 4.73 Å². The van der Waals surface area contributed by atoms with Gasteiger partial charge in [0.05, 0.1) is 5.56 Å². The molecule has 0 saturated carbocycles. The third kappa shape index (κ3) is 3.71. The van der Waals surface area contributed by atoms with E-state index >= 15 is 0 Å². The number of hydrogen-bond donors (Lipinski definition) is 0. The average Bonchev–Trinajstić information content (AvgIpc) is 3.09. The zero-order valence-electron chi connectivity index (χ0n) is 15.6. The Kier molecular flexibility index (Phi) is 5.02. The van der Waals surface area contributed by atoms with Crippen molar-refractivity contribution in [3.8, 4) is 0 Å². The van der Waals surface area contributed by atoms with Gasteiger partial charge in [0.25, 0.3) is 5.91 Å². The van der Waals surface area contributed by atoms with Crippen molar-refractivity contribution in [2.24, 2.45) is 5.41 Å². The van der Waals surface area contributed by atoms with Gasteiger partial charge in [-0.25, -0.2) is 8.78 Å². The summed E-state index contributed by atoms with van der Waals surface area (Å²) in [6, 6.07) is 7.38. The second-order valence-electron chi connectivity index (χ2n) is 7.95. The van der Waals surface area contributed by atoms with Crippen molar-refractivity contribution in [2.45, 2.75) is 25.8 Å². The third-order valence-corrected chi connectivity index (χ3v) is 5.94. The molecule has 2 aliphatic rings. The normalized spacial score (nSPS) is 22.7. The molecule has 4 rings (SSSR count). The van der Waals surface area contributed by atoms with Gasteiger partial charge in [0, 0.05) is 49.3 Å². The summed E-state index contributed by atoms with van der Waals surface area (Å²) in [7, 11) is 0. The first-order chi connectivity index (χ1) is 13.5. The first-order valence-corrected chi connectivity index (χ1v) is 9.59. The van der Waals surface area contributed by atoms with Crippen LogP contribution in [0.15, 0.2) is 42.7 Å². The topological polar surface area (TPSA) is 50.5 Å². The van der Waals surface area contributed by atoms with Crippen molar-refractivity contribution in [1.29, 1.82) is 0 Å². The van der Waals surface area contributed by atoms with Crippen LogP contribution < -0.4 is 4.73 Å². The highest BCUT2D eigenvalue weighted by atomic mass is 19.2. The predicted molar refractivity (Wildman–Crippen MR) is 99.2 cm³/mol. The first kappa shape index (κ1) is 18.8. The van der Waals surface area contributed by atoms with Crippen molar-refractivity contribution in [3.05, 3.63) is 70.7 Å². The van der Waals surface area contributed by atoms with Crippen molar-refractivity contribution < 1.29 is 18.3 Å². The number of piperidine rings is 1. The minimum absolute atomic E-state index is 0.00899. The molecule has 1 amide bonds. The van der Waals surface area contributed by atoms with Crippen LogP contribution in [0.1, 0.15) is 35.2 Å². The quantitative estimate of drug-likeness (QED) is 0.601. The highest BCUT2D eigenvalue weighted by molar-refractivity contribution is 5.94. The van der Waals surface area contributed by atoms with Crippen LogP contribution in [-0.2, 0) is 6.54 Å². The van der Waals surface area contributed by atoms with Gasteiger partial charge in [-0.1, -0.05) is 12.1 Å². The molecule has 5 nitrogen and oxygen atoms in total. The number of nitrogens with zero attached hydrogens (tertiary/aromatic N) is 3. The molecule has 2 aliphatic heterocycles. The summed E-state index contributed by atoms with van der Waals surface area (Å²) < 4.78 is 28.2. The predicted octanol–water partition coefficient (Wildman–Crippen LogP) is 2.73. The third-order valence-electron chi connectivity index (χ3n) is 5.94. The highest BCUT2D eigenvalue weighted by Crippen LogP contribution is 2.39. The Labute approximate surface area is 162 Å². The number of rotatable bonds is 3. The molecule has 2 saturated heterocycles. The lowest BCUT2D eigenvalue weighted by Gasteiger charge is -2.40. The van der Waals surface area contributed by atoms with Crippen LogP contribution in [0.4, 0.5) is 8.78 Å². The molecule has 2 aromatic rings. The molecule has 3 heterocycles. The lowest BCUT2D eigenvalue weighted by atomic mass is 9.79. The Morgan fingerprint density at radius 1 is 1.11 bits per heavy atom. The fourth-order valence-electron chi connectivity index (χ4n) is 4.54. The smallest absolute Gasteiger partial charge is 0.254 e. The maximum atomic E-state index is 14.0. The maximum absolute atomic E-state index is 14.0. The molecule has 1 spiro atoms. The highest BCUT2D eigenvalue weighted by Gasteiger charge is 2.43. The van der Waals surface area contributed by atoms with Gasteiger partial charge >= 0.3 is 0 Å². The van der Waals surface area contributed by atoms with E-state index in [-0.39, 0.29) is 11.3 Å². The standard InChI is InChI=1S/C21H23F2N3O2/c22-18-4-1-3-17(19(18)23)13-24-9-2-7-21(14-24)8-12-25(15-21)20(27)16-5-10-26(28)11-6-16/h1,3-6,10-11H,2,7-9,12-15H2.